The number of nitrogens with zero attached hydrogens (tertiary/aromatic N) is 2. The number of carbonyl (C=O) groups is 1. The number of benzene rings is 2. The number of nitrogens with two attached hydrogens (primary N) is 1. The van der Waals surface area contributed by atoms with Gasteiger partial charge < -0.3 is 15.2 Å². The smallest absolute Gasteiger partial charge is 0.248 e. The Kier molecular flexibility index (Phi) is 6.65. The normalized spacial score (nSPS) is 11.0. The molecule has 0 unspecified atom stereocenters. The molecular weight excluding hydrogens is 444 g/mol. The molecule has 0 saturated carbocycles. The van der Waals surface area contributed by atoms with Gasteiger partial charge in [0.2, 0.25) is 11.8 Å². The number of aryl methyl sites for hydroxylation is 1. The van der Waals surface area contributed by atoms with Crippen molar-refractivity contribution in [1.29, 1.82) is 0 Å². The van der Waals surface area contributed by atoms with Crippen molar-refractivity contribution >= 4 is 11.4 Å². The van der Waals surface area contributed by atoms with Crippen LogP contribution in [0.15, 0.2) is 65.6 Å². The largest absolute Gasteiger partial charge is 0.434 e. The fourth-order valence-corrected chi connectivity index (χ4v) is 3.66. The quantitative estimate of drug-likeness (QED) is 0.395. The van der Waals surface area contributed by atoms with E-state index < -0.39 is 17.5 Å². The maximum absolute atomic E-state index is 14.0. The zero-order valence-corrected chi connectivity index (χ0v) is 18.3. The van der Waals surface area contributed by atoms with Crippen LogP contribution >= 0.6 is 0 Å². The van der Waals surface area contributed by atoms with Crippen LogP contribution in [0.25, 0.3) is 16.6 Å². The van der Waals surface area contributed by atoms with Crippen LogP contribution in [0.3, 0.4) is 0 Å². The molecule has 9 heteroatoms. The fourth-order valence-electron chi connectivity index (χ4n) is 3.66. The van der Waals surface area contributed by atoms with E-state index in [9.17, 15) is 18.4 Å². The zero-order valence-electron chi connectivity index (χ0n) is 18.3. The first-order valence-electron chi connectivity index (χ1n) is 10.4. The van der Waals surface area contributed by atoms with E-state index in [4.69, 9.17) is 15.2 Å². The number of halogens is 2. The molecule has 0 aliphatic rings. The van der Waals surface area contributed by atoms with Gasteiger partial charge in [-0.25, -0.2) is 13.3 Å². The first kappa shape index (κ1) is 23.1. The van der Waals surface area contributed by atoms with E-state index in [1.807, 2.05) is 0 Å². The summed E-state index contributed by atoms with van der Waals surface area (Å²) in [6, 6.07) is 12.4. The monoisotopic (exact) mass is 465 g/mol. The molecule has 7 nitrogen and oxygen atoms in total. The average molecular weight is 465 g/mol. The second-order valence-corrected chi connectivity index (χ2v) is 7.57. The SMILES string of the molecule is COCCCc1ccc(C(N)=O)cc1-c1c(=O)ccn2nc(Oc3ccc(F)cc3F)ccc12. The van der Waals surface area contributed by atoms with Gasteiger partial charge in [0.1, 0.15) is 5.82 Å². The Morgan fingerprint density at radius 2 is 1.91 bits per heavy atom. The number of hydrogen-bond acceptors (Lipinski definition) is 5. The van der Waals surface area contributed by atoms with Crippen LogP contribution in [-0.2, 0) is 11.2 Å². The summed E-state index contributed by atoms with van der Waals surface area (Å²) < 4.78 is 39.2. The van der Waals surface area contributed by atoms with Gasteiger partial charge in [-0.05, 0) is 54.3 Å². The van der Waals surface area contributed by atoms with E-state index in [2.05, 4.69) is 5.10 Å². The Bertz CT molecular complexity index is 1440. The van der Waals surface area contributed by atoms with Crippen molar-refractivity contribution in [1.82, 2.24) is 9.61 Å². The highest BCUT2D eigenvalue weighted by molar-refractivity contribution is 5.95. The van der Waals surface area contributed by atoms with E-state index >= 15 is 0 Å². The zero-order chi connectivity index (χ0) is 24.2. The molecular formula is C25H21F2N3O4. The van der Waals surface area contributed by atoms with E-state index in [-0.39, 0.29) is 22.6 Å². The minimum Gasteiger partial charge on any atom is -0.434 e. The number of amides is 1. The van der Waals surface area contributed by atoms with Crippen molar-refractivity contribution in [3.05, 3.63) is 93.8 Å². The molecule has 0 radical (unpaired) electrons. The van der Waals surface area contributed by atoms with Gasteiger partial charge in [0, 0.05) is 43.7 Å². The van der Waals surface area contributed by atoms with Crippen molar-refractivity contribution < 1.29 is 23.0 Å². The van der Waals surface area contributed by atoms with E-state index in [1.165, 1.54) is 22.8 Å². The second-order valence-electron chi connectivity index (χ2n) is 7.57. The highest BCUT2D eigenvalue weighted by atomic mass is 19.1. The molecule has 34 heavy (non-hydrogen) atoms. The lowest BCUT2D eigenvalue weighted by atomic mass is 9.94. The summed E-state index contributed by atoms with van der Waals surface area (Å²) in [5.74, 6) is -2.35. The number of fused-ring (bicyclic) bond motifs is 1. The van der Waals surface area contributed by atoms with Crippen LogP contribution in [0, 0.1) is 11.6 Å². The van der Waals surface area contributed by atoms with Crippen LogP contribution in [-0.4, -0.2) is 29.2 Å². The van der Waals surface area contributed by atoms with Gasteiger partial charge in [-0.15, -0.1) is 5.10 Å². The van der Waals surface area contributed by atoms with E-state index in [1.54, 1.807) is 31.4 Å². The van der Waals surface area contributed by atoms with Crippen molar-refractivity contribution in [2.75, 3.05) is 13.7 Å². The number of ether oxygens (including phenoxy) is 2. The number of rotatable bonds is 8. The second kappa shape index (κ2) is 9.80. The predicted octanol–water partition coefficient (Wildman–Crippen LogP) is 4.11. The average Bonchev–Trinajstić information content (AvgIpc) is 2.81. The summed E-state index contributed by atoms with van der Waals surface area (Å²) in [5.41, 5.74) is 7.68. The number of hydrogen-bond donors (Lipinski definition) is 1. The fraction of sp³-hybridized carbons (Fsp3) is 0.160. The lowest BCUT2D eigenvalue weighted by Crippen LogP contribution is -2.14. The van der Waals surface area contributed by atoms with Gasteiger partial charge in [-0.2, -0.15) is 0 Å². The third kappa shape index (κ3) is 4.79. The highest BCUT2D eigenvalue weighted by Crippen LogP contribution is 2.29. The summed E-state index contributed by atoms with van der Waals surface area (Å²) in [5, 5.41) is 4.31. The molecule has 0 bridgehead atoms. The van der Waals surface area contributed by atoms with Gasteiger partial charge >= 0.3 is 0 Å². The Labute approximate surface area is 193 Å². The molecule has 0 fully saturated rings. The highest BCUT2D eigenvalue weighted by Gasteiger charge is 2.16. The molecule has 4 aromatic rings. The first-order valence-corrected chi connectivity index (χ1v) is 10.4. The Morgan fingerprint density at radius 1 is 1.09 bits per heavy atom. The minimum atomic E-state index is -0.869. The first-order chi connectivity index (χ1) is 16.4. The van der Waals surface area contributed by atoms with Crippen molar-refractivity contribution in [3.63, 3.8) is 0 Å². The standard InChI is InChI=1S/C25H21F2N3O4/c1-33-12-2-3-15-4-5-16(25(28)32)13-18(15)24-20-7-9-23(29-30(20)11-10-21(24)31)34-22-8-6-17(26)14-19(22)27/h4-11,13-14H,2-3,12H2,1H3,(H2,28,32). The number of aromatic nitrogens is 2. The number of methoxy groups -OCH3 is 1. The van der Waals surface area contributed by atoms with E-state index in [0.717, 1.165) is 17.7 Å². The molecule has 2 aromatic heterocycles. The van der Waals surface area contributed by atoms with Crippen molar-refractivity contribution in [2.45, 2.75) is 12.8 Å². The third-order valence-electron chi connectivity index (χ3n) is 5.27. The Morgan fingerprint density at radius 3 is 2.65 bits per heavy atom. The van der Waals surface area contributed by atoms with Gasteiger partial charge in [0.05, 0.1) is 11.1 Å². The van der Waals surface area contributed by atoms with Gasteiger partial charge in [0.15, 0.2) is 17.0 Å². The molecule has 0 aliphatic heterocycles. The number of pyridine rings is 1. The summed E-state index contributed by atoms with van der Waals surface area (Å²) in [4.78, 5) is 24.8. The lowest BCUT2D eigenvalue weighted by molar-refractivity contribution is 0.100. The Hall–Kier alpha value is -4.11. The summed E-state index contributed by atoms with van der Waals surface area (Å²) in [6.45, 7) is 0.535. The maximum Gasteiger partial charge on any atom is 0.248 e. The van der Waals surface area contributed by atoms with Gasteiger partial charge in [-0.1, -0.05) is 6.07 Å². The van der Waals surface area contributed by atoms with Crippen LogP contribution in [0.5, 0.6) is 11.6 Å². The lowest BCUT2D eigenvalue weighted by Gasteiger charge is -2.14. The predicted molar refractivity (Wildman–Crippen MR) is 122 cm³/mol. The summed E-state index contributed by atoms with van der Waals surface area (Å²) in [7, 11) is 1.61. The van der Waals surface area contributed by atoms with E-state index in [0.29, 0.717) is 42.2 Å². The van der Waals surface area contributed by atoms with Crippen molar-refractivity contribution in [2.24, 2.45) is 5.73 Å². The summed E-state index contributed by atoms with van der Waals surface area (Å²) >= 11 is 0. The summed E-state index contributed by atoms with van der Waals surface area (Å²) in [6.07, 6.45) is 2.78. The van der Waals surface area contributed by atoms with Crippen LogP contribution in [0.4, 0.5) is 8.78 Å². The van der Waals surface area contributed by atoms with Crippen molar-refractivity contribution in [3.8, 4) is 22.8 Å². The third-order valence-corrected chi connectivity index (χ3v) is 5.27. The Balaban J connectivity index is 1.81. The molecule has 4 rings (SSSR count). The molecule has 0 atom stereocenters. The molecule has 1 amide bonds. The maximum atomic E-state index is 14.0. The number of carbonyl (C=O) groups excluding carboxylic acids is 1. The molecule has 0 aliphatic carbocycles. The van der Waals surface area contributed by atoms with Gasteiger partial charge in [0.25, 0.3) is 0 Å². The molecule has 2 aromatic carbocycles. The topological polar surface area (TPSA) is 95.9 Å². The molecule has 0 spiro atoms. The molecule has 0 saturated heterocycles. The van der Waals surface area contributed by atoms with Gasteiger partial charge in [-0.3, -0.25) is 9.59 Å². The van der Waals surface area contributed by atoms with Crippen LogP contribution in [0.1, 0.15) is 22.3 Å². The molecule has 2 N–H and O–H groups in total. The minimum absolute atomic E-state index is 0.0406. The molecule has 2 heterocycles. The molecule has 174 valence electrons. The number of primary amides is 1. The van der Waals surface area contributed by atoms with Crippen LogP contribution < -0.4 is 15.9 Å². The van der Waals surface area contributed by atoms with Crippen LogP contribution in [0.2, 0.25) is 0 Å².